The normalized spacial score (nSPS) is 13.8. The first-order valence-electron chi connectivity index (χ1n) is 5.67. The third-order valence-electron chi connectivity index (χ3n) is 2.73. The molecule has 96 valence electrons. The van der Waals surface area contributed by atoms with Crippen molar-refractivity contribution in [1.82, 2.24) is 20.5 Å². The molecule has 0 fully saturated rings. The number of nitrogens with zero attached hydrogens (tertiary/aromatic N) is 2. The number of aliphatic hydroxyl groups excluding tert-OH is 1. The largest absolute Gasteiger partial charge is 0.391 e. The number of hydrogen-bond donors (Lipinski definition) is 3. The number of amides is 1. The van der Waals surface area contributed by atoms with E-state index in [1.807, 2.05) is 13.8 Å². The quantitative estimate of drug-likeness (QED) is 0.726. The average Bonchev–Trinajstić information content (AvgIpc) is 2.65. The number of aromatic amines is 1. The molecule has 0 saturated heterocycles. The maximum atomic E-state index is 11.8. The first-order chi connectivity index (χ1) is 7.74. The van der Waals surface area contributed by atoms with E-state index in [2.05, 4.69) is 20.5 Å². The van der Waals surface area contributed by atoms with Gasteiger partial charge in [-0.2, -0.15) is 0 Å². The molecule has 1 aromatic heterocycles. The van der Waals surface area contributed by atoms with Crippen molar-refractivity contribution >= 4 is 5.91 Å². The van der Waals surface area contributed by atoms with Crippen molar-refractivity contribution in [2.24, 2.45) is 0 Å². The van der Waals surface area contributed by atoms with Crippen LogP contribution in [0.1, 0.15) is 57.0 Å². The van der Waals surface area contributed by atoms with Crippen molar-refractivity contribution in [1.29, 1.82) is 0 Å². The van der Waals surface area contributed by atoms with Crippen molar-refractivity contribution in [3.8, 4) is 0 Å². The lowest BCUT2D eigenvalue weighted by Crippen LogP contribution is -2.51. The van der Waals surface area contributed by atoms with E-state index in [4.69, 9.17) is 0 Å². The molecular formula is C11H20N4O2. The van der Waals surface area contributed by atoms with Crippen molar-refractivity contribution in [3.05, 3.63) is 11.6 Å². The van der Waals surface area contributed by atoms with Gasteiger partial charge in [0.1, 0.15) is 5.82 Å². The molecule has 1 amide bonds. The molecule has 1 aromatic rings. The second kappa shape index (κ2) is 4.83. The molecule has 6 nitrogen and oxygen atoms in total. The monoisotopic (exact) mass is 240 g/mol. The Hall–Kier alpha value is -1.43. The summed E-state index contributed by atoms with van der Waals surface area (Å²) >= 11 is 0. The van der Waals surface area contributed by atoms with Gasteiger partial charge in [0.25, 0.3) is 5.91 Å². The first kappa shape index (κ1) is 13.6. The van der Waals surface area contributed by atoms with E-state index in [1.54, 1.807) is 20.8 Å². The molecule has 0 aliphatic carbocycles. The predicted octanol–water partition coefficient (Wildman–Crippen LogP) is 0.817. The topological polar surface area (TPSA) is 90.9 Å². The smallest absolute Gasteiger partial charge is 0.291 e. The number of carbonyl (C=O) groups excluding carboxylic acids is 1. The number of H-pyrrole nitrogens is 1. The molecule has 0 aromatic carbocycles. The number of carbonyl (C=O) groups is 1. The highest BCUT2D eigenvalue weighted by molar-refractivity contribution is 5.90. The average molecular weight is 240 g/mol. The number of aliphatic hydroxyl groups is 1. The van der Waals surface area contributed by atoms with Gasteiger partial charge in [-0.3, -0.25) is 9.89 Å². The lowest BCUT2D eigenvalue weighted by molar-refractivity contribution is 0.0701. The molecule has 1 unspecified atom stereocenters. The van der Waals surface area contributed by atoms with Gasteiger partial charge in [0.15, 0.2) is 0 Å². The number of hydrogen-bond acceptors (Lipinski definition) is 4. The van der Waals surface area contributed by atoms with Crippen LogP contribution in [0.3, 0.4) is 0 Å². The fourth-order valence-corrected chi connectivity index (χ4v) is 1.09. The zero-order chi connectivity index (χ0) is 13.2. The van der Waals surface area contributed by atoms with Gasteiger partial charge in [0, 0.05) is 5.92 Å². The van der Waals surface area contributed by atoms with Crippen LogP contribution in [0.4, 0.5) is 0 Å². The number of aromatic nitrogens is 3. The summed E-state index contributed by atoms with van der Waals surface area (Å²) in [5.41, 5.74) is -0.713. The van der Waals surface area contributed by atoms with Gasteiger partial charge in [0.05, 0.1) is 11.6 Å². The lowest BCUT2D eigenvalue weighted by atomic mass is 9.99. The zero-order valence-corrected chi connectivity index (χ0v) is 10.9. The van der Waals surface area contributed by atoms with E-state index in [0.29, 0.717) is 5.82 Å². The van der Waals surface area contributed by atoms with Crippen LogP contribution in [0.2, 0.25) is 0 Å². The standard InChI is InChI=1S/C11H20N4O2/c1-6(2)8-12-9(15-14-8)10(17)13-11(4,5)7(3)16/h6-7,16H,1-5H3,(H,13,17)(H,12,14,15). The molecule has 6 heteroatoms. The van der Waals surface area contributed by atoms with Gasteiger partial charge in [-0.15, -0.1) is 5.10 Å². The Balaban J connectivity index is 2.77. The maximum absolute atomic E-state index is 11.8. The predicted molar refractivity (Wildman–Crippen MR) is 63.7 cm³/mol. The Bertz CT molecular complexity index is 396. The van der Waals surface area contributed by atoms with Crippen LogP contribution in [0.5, 0.6) is 0 Å². The van der Waals surface area contributed by atoms with Gasteiger partial charge in [-0.25, -0.2) is 4.98 Å². The Morgan fingerprint density at radius 2 is 2.00 bits per heavy atom. The van der Waals surface area contributed by atoms with Crippen LogP contribution in [0, 0.1) is 0 Å². The first-order valence-corrected chi connectivity index (χ1v) is 5.67. The minimum Gasteiger partial charge on any atom is -0.391 e. The Morgan fingerprint density at radius 1 is 1.41 bits per heavy atom. The molecular weight excluding hydrogens is 220 g/mol. The van der Waals surface area contributed by atoms with Crippen LogP contribution in [-0.2, 0) is 0 Å². The minimum absolute atomic E-state index is 0.0995. The summed E-state index contributed by atoms with van der Waals surface area (Å²) in [4.78, 5) is 15.9. The Labute approximate surface area is 101 Å². The molecule has 0 radical (unpaired) electrons. The van der Waals surface area contributed by atoms with E-state index in [9.17, 15) is 9.90 Å². The zero-order valence-electron chi connectivity index (χ0n) is 10.9. The molecule has 0 aliphatic heterocycles. The summed E-state index contributed by atoms with van der Waals surface area (Å²) in [6.07, 6.45) is -0.657. The van der Waals surface area contributed by atoms with E-state index in [1.165, 1.54) is 0 Å². The third kappa shape index (κ3) is 3.26. The maximum Gasteiger partial charge on any atom is 0.291 e. The van der Waals surface area contributed by atoms with Crippen LogP contribution >= 0.6 is 0 Å². The number of rotatable bonds is 4. The summed E-state index contributed by atoms with van der Waals surface area (Å²) in [6, 6.07) is 0. The summed E-state index contributed by atoms with van der Waals surface area (Å²) in [7, 11) is 0. The van der Waals surface area contributed by atoms with Crippen LogP contribution in [-0.4, -0.2) is 37.8 Å². The third-order valence-corrected chi connectivity index (χ3v) is 2.73. The summed E-state index contributed by atoms with van der Waals surface area (Å²) < 4.78 is 0. The SMILES string of the molecule is CC(C)c1nc(C(=O)NC(C)(C)C(C)O)n[nH]1. The molecule has 0 spiro atoms. The molecule has 0 bridgehead atoms. The van der Waals surface area contributed by atoms with Gasteiger partial charge in [-0.05, 0) is 20.8 Å². The summed E-state index contributed by atoms with van der Waals surface area (Å²) in [5.74, 6) is 0.570. The van der Waals surface area contributed by atoms with Crippen LogP contribution < -0.4 is 5.32 Å². The van der Waals surface area contributed by atoms with Crippen molar-refractivity contribution < 1.29 is 9.90 Å². The van der Waals surface area contributed by atoms with Crippen molar-refractivity contribution in [3.63, 3.8) is 0 Å². The minimum atomic E-state index is -0.713. The van der Waals surface area contributed by atoms with Gasteiger partial charge in [-0.1, -0.05) is 13.8 Å². The molecule has 0 saturated carbocycles. The molecule has 3 N–H and O–H groups in total. The Kier molecular flexibility index (Phi) is 3.87. The second-order valence-electron chi connectivity index (χ2n) is 5.05. The van der Waals surface area contributed by atoms with Crippen LogP contribution in [0.25, 0.3) is 0 Å². The van der Waals surface area contributed by atoms with E-state index in [-0.39, 0.29) is 17.6 Å². The van der Waals surface area contributed by atoms with E-state index >= 15 is 0 Å². The fraction of sp³-hybridized carbons (Fsp3) is 0.727. The van der Waals surface area contributed by atoms with Gasteiger partial charge >= 0.3 is 0 Å². The molecule has 1 heterocycles. The highest BCUT2D eigenvalue weighted by atomic mass is 16.3. The summed E-state index contributed by atoms with van der Waals surface area (Å²) in [5, 5.41) is 18.8. The van der Waals surface area contributed by atoms with Crippen LogP contribution in [0.15, 0.2) is 0 Å². The fourth-order valence-electron chi connectivity index (χ4n) is 1.09. The molecule has 0 aliphatic rings. The van der Waals surface area contributed by atoms with Gasteiger partial charge < -0.3 is 10.4 Å². The van der Waals surface area contributed by atoms with E-state index in [0.717, 1.165) is 0 Å². The van der Waals surface area contributed by atoms with Crippen molar-refractivity contribution in [2.75, 3.05) is 0 Å². The highest BCUT2D eigenvalue weighted by Crippen LogP contribution is 2.11. The Morgan fingerprint density at radius 3 is 2.41 bits per heavy atom. The second-order valence-corrected chi connectivity index (χ2v) is 5.05. The molecule has 1 atom stereocenters. The van der Waals surface area contributed by atoms with Crippen molar-refractivity contribution in [2.45, 2.75) is 52.2 Å². The summed E-state index contributed by atoms with van der Waals surface area (Å²) in [6.45, 7) is 9.03. The molecule has 17 heavy (non-hydrogen) atoms. The van der Waals surface area contributed by atoms with E-state index < -0.39 is 11.6 Å². The number of nitrogens with one attached hydrogen (secondary N) is 2. The van der Waals surface area contributed by atoms with Gasteiger partial charge in [0.2, 0.25) is 5.82 Å². The molecule has 1 rings (SSSR count). The highest BCUT2D eigenvalue weighted by Gasteiger charge is 2.28. The lowest BCUT2D eigenvalue weighted by Gasteiger charge is -2.28.